The van der Waals surface area contributed by atoms with Gasteiger partial charge in [0.1, 0.15) is 29.5 Å². The van der Waals surface area contributed by atoms with Crippen LogP contribution in [0.2, 0.25) is 0 Å². The molecule has 9 N–H and O–H groups in total. The molecule has 3 saturated carbocycles. The normalized spacial score (nSPS) is 36.6. The fourth-order valence-corrected chi connectivity index (χ4v) is 17.8. The van der Waals surface area contributed by atoms with E-state index in [1.165, 1.54) is 0 Å². The Morgan fingerprint density at radius 1 is 0.823 bits per heavy atom. The summed E-state index contributed by atoms with van der Waals surface area (Å²) in [5, 5.41) is 74.9. The highest BCUT2D eigenvalue weighted by molar-refractivity contribution is 5.84. The molecular weight excluding hydrogens is 995 g/mol. The summed E-state index contributed by atoms with van der Waals surface area (Å²) in [5.41, 5.74) is 12.4. The summed E-state index contributed by atoms with van der Waals surface area (Å²) in [4.78, 5) is 5.24. The first-order valence-electron chi connectivity index (χ1n) is 30.6. The number of ether oxygens (including phenoxy) is 4. The molecular formula is C66H89N3O10. The molecule has 15 rings (SSSR count). The van der Waals surface area contributed by atoms with Crippen LogP contribution in [0.25, 0.3) is 11.1 Å². The Hall–Kier alpha value is -4.79. The molecule has 4 fully saturated rings. The summed E-state index contributed by atoms with van der Waals surface area (Å²) in [7, 11) is 1.71. The number of aliphatic imine (C=N–C) groups is 1. The first kappa shape index (κ1) is 54.8. The number of phenolic OH excluding ortho intramolecular Hbond substituents is 2. The number of nitrogens with one attached hydrogen (secondary N) is 1. The SMILES string of the molecule is CCC1CC2C=CC1CC(O)CC1(CCCC13CCOC(C1(O)CCCC1)C3)CN=C(N)NCC1C=CC3CCC(CO)C1C3Oc1cc(ccc1O)C1Oc3cc(OC)c4c(c3CC1O)C2Cc1cc(O)c(CC(C)C)cc1-4. The maximum atomic E-state index is 12.7. The van der Waals surface area contributed by atoms with Crippen LogP contribution in [0.1, 0.15) is 157 Å². The molecule has 6 heterocycles. The largest absolute Gasteiger partial charge is 0.508 e. The standard InChI is InChI=1S/C66H89N3O10/c1-5-38-24-41-12-11-40(38)25-47(71)32-65(18-8-17-64(65)21-22-77-57(33-64)66(75)19-6-7-20-66)36-69-63(67)68-34-43-13-9-39-10-14-44(35-70)58(43)62(39)79-55-29-42(15-16-51(55)72)61-53(74)30-50-54(78-61)31-56(76-4)60-49-27-46(23-37(2)3)52(73)28-45(49)26-48(41)59(50)60/h9,11-13,15-16,27-29,31,37-41,43-44,47-48,53,57-58,61-62,70-75H,5-8,10,14,17-26,30,32-36H2,1-4H3,(H3,67,68,69). The second-order valence-corrected chi connectivity index (χ2v) is 26.7. The monoisotopic (exact) mass is 1080 g/mol. The van der Waals surface area contributed by atoms with Crippen molar-refractivity contribution < 1.29 is 49.6 Å². The molecule has 12 aliphatic rings. The van der Waals surface area contributed by atoms with E-state index in [0.29, 0.717) is 91.7 Å². The van der Waals surface area contributed by atoms with E-state index in [2.05, 4.69) is 56.5 Å². The second-order valence-electron chi connectivity index (χ2n) is 26.7. The lowest BCUT2D eigenvalue weighted by atomic mass is 9.57. The topological polar surface area (TPSA) is 209 Å². The van der Waals surface area contributed by atoms with Crippen molar-refractivity contribution in [2.24, 2.45) is 68.9 Å². The number of rotatable bonds is 6. The maximum Gasteiger partial charge on any atom is 0.188 e. The Bertz CT molecular complexity index is 2820. The van der Waals surface area contributed by atoms with E-state index < -0.39 is 23.9 Å². The summed E-state index contributed by atoms with van der Waals surface area (Å²) in [6.45, 7) is 8.13. The van der Waals surface area contributed by atoms with E-state index in [9.17, 15) is 30.6 Å². The number of aromatic hydroxyl groups is 2. The Morgan fingerprint density at radius 2 is 1.61 bits per heavy atom. The van der Waals surface area contributed by atoms with E-state index in [1.807, 2.05) is 24.3 Å². The zero-order valence-corrected chi connectivity index (χ0v) is 47.3. The predicted octanol–water partition coefficient (Wildman–Crippen LogP) is 10.1. The summed E-state index contributed by atoms with van der Waals surface area (Å²) >= 11 is 0. The number of aliphatic hydroxyl groups excluding tert-OH is 3. The van der Waals surface area contributed by atoms with Gasteiger partial charge in [0.2, 0.25) is 0 Å². The second kappa shape index (κ2) is 21.8. The van der Waals surface area contributed by atoms with E-state index >= 15 is 0 Å². The lowest BCUT2D eigenvalue weighted by Crippen LogP contribution is -2.54. The number of methoxy groups -OCH3 is 1. The van der Waals surface area contributed by atoms with Crippen LogP contribution in [-0.2, 0) is 24.0 Å². The molecule has 12 bridgehead atoms. The number of benzene rings is 3. The number of hydrogen-bond acceptors (Lipinski definition) is 13. The number of nitrogens with two attached hydrogens (primary N) is 1. The molecule has 79 heavy (non-hydrogen) atoms. The van der Waals surface area contributed by atoms with Gasteiger partial charge in [-0.15, -0.1) is 0 Å². The van der Waals surface area contributed by atoms with Gasteiger partial charge >= 0.3 is 0 Å². The average molecular weight is 1080 g/mol. The maximum absolute atomic E-state index is 12.7. The molecule has 15 unspecified atom stereocenters. The van der Waals surface area contributed by atoms with Gasteiger partial charge in [-0.1, -0.05) is 76.8 Å². The van der Waals surface area contributed by atoms with Crippen LogP contribution in [0.4, 0.5) is 0 Å². The average Bonchev–Trinajstić information content (AvgIpc) is 4.03. The quantitative estimate of drug-likeness (QED) is 0.109. The minimum Gasteiger partial charge on any atom is -0.508 e. The fraction of sp³-hybridized carbons (Fsp3) is 0.652. The van der Waals surface area contributed by atoms with Gasteiger partial charge in [0, 0.05) is 67.7 Å². The molecule has 0 aromatic heterocycles. The van der Waals surface area contributed by atoms with Gasteiger partial charge in [-0.3, -0.25) is 4.99 Å². The minimum atomic E-state index is -0.935. The van der Waals surface area contributed by atoms with Crippen LogP contribution in [-0.4, -0.2) is 100 Å². The highest BCUT2D eigenvalue weighted by atomic mass is 16.5. The third kappa shape index (κ3) is 9.94. The zero-order valence-electron chi connectivity index (χ0n) is 47.3. The highest BCUT2D eigenvalue weighted by Crippen LogP contribution is 2.64. The van der Waals surface area contributed by atoms with Crippen molar-refractivity contribution in [3.63, 3.8) is 0 Å². The van der Waals surface area contributed by atoms with Crippen LogP contribution in [0, 0.1) is 58.2 Å². The predicted molar refractivity (Wildman–Crippen MR) is 305 cm³/mol. The Morgan fingerprint density at radius 3 is 2.39 bits per heavy atom. The molecule has 6 aliphatic carbocycles. The van der Waals surface area contributed by atoms with Crippen LogP contribution in [0.5, 0.6) is 28.7 Å². The van der Waals surface area contributed by atoms with Crippen molar-refractivity contribution in [1.82, 2.24) is 5.32 Å². The van der Waals surface area contributed by atoms with Gasteiger partial charge in [-0.05, 0) is 182 Å². The van der Waals surface area contributed by atoms with Crippen LogP contribution < -0.4 is 25.3 Å². The summed E-state index contributed by atoms with van der Waals surface area (Å²) in [6.07, 6.45) is 20.9. The first-order chi connectivity index (χ1) is 38.1. The smallest absolute Gasteiger partial charge is 0.188 e. The summed E-state index contributed by atoms with van der Waals surface area (Å²) in [6, 6.07) is 11.4. The number of allylic oxidation sites excluding steroid dienone is 2. The van der Waals surface area contributed by atoms with Crippen molar-refractivity contribution in [2.75, 3.05) is 33.4 Å². The van der Waals surface area contributed by atoms with Gasteiger partial charge in [0.25, 0.3) is 0 Å². The zero-order chi connectivity index (χ0) is 55.0. The van der Waals surface area contributed by atoms with Crippen molar-refractivity contribution in [3.8, 4) is 39.9 Å². The van der Waals surface area contributed by atoms with Crippen LogP contribution in [0.15, 0.2) is 65.7 Å². The minimum absolute atomic E-state index is 0.00302. The van der Waals surface area contributed by atoms with E-state index in [1.54, 1.807) is 13.2 Å². The fourth-order valence-electron chi connectivity index (χ4n) is 17.8. The van der Waals surface area contributed by atoms with E-state index in [0.717, 1.165) is 123 Å². The number of hydrogen-bond donors (Lipinski definition) is 8. The third-order valence-corrected chi connectivity index (χ3v) is 21.8. The number of fused-ring (bicyclic) bond motifs is 2. The molecule has 3 aromatic carbocycles. The van der Waals surface area contributed by atoms with E-state index in [-0.39, 0.29) is 76.8 Å². The van der Waals surface area contributed by atoms with Crippen LogP contribution in [0.3, 0.4) is 0 Å². The van der Waals surface area contributed by atoms with Crippen molar-refractivity contribution in [1.29, 1.82) is 0 Å². The lowest BCUT2D eigenvalue weighted by Gasteiger charge is -2.53. The number of phenols is 2. The number of nitrogens with zero attached hydrogens (tertiary/aromatic N) is 1. The molecule has 1 saturated heterocycles. The van der Waals surface area contributed by atoms with Crippen molar-refractivity contribution in [3.05, 3.63) is 88.5 Å². The Labute approximate surface area is 468 Å². The third-order valence-electron chi connectivity index (χ3n) is 21.8. The Kier molecular flexibility index (Phi) is 15.1. The molecule has 13 heteroatoms. The van der Waals surface area contributed by atoms with Gasteiger partial charge in [-0.2, -0.15) is 0 Å². The Balaban J connectivity index is 0.964. The van der Waals surface area contributed by atoms with E-state index in [4.69, 9.17) is 29.7 Å². The van der Waals surface area contributed by atoms with Crippen molar-refractivity contribution in [2.45, 2.75) is 178 Å². The first-order valence-corrected chi connectivity index (χ1v) is 30.6. The molecule has 428 valence electrons. The number of aliphatic hydroxyl groups is 4. The molecule has 2 spiro atoms. The lowest BCUT2D eigenvalue weighted by molar-refractivity contribution is -0.174. The molecule has 6 aliphatic heterocycles. The summed E-state index contributed by atoms with van der Waals surface area (Å²) in [5.74, 6) is 3.03. The van der Waals surface area contributed by atoms with Gasteiger partial charge in [0.15, 0.2) is 17.5 Å². The van der Waals surface area contributed by atoms with Gasteiger partial charge in [-0.25, -0.2) is 0 Å². The van der Waals surface area contributed by atoms with Crippen molar-refractivity contribution >= 4 is 5.96 Å². The number of guanidine groups is 1. The molecule has 0 radical (unpaired) electrons. The molecule has 0 amide bonds. The summed E-state index contributed by atoms with van der Waals surface area (Å²) < 4.78 is 26.9. The highest BCUT2D eigenvalue weighted by Gasteiger charge is 2.59. The molecule has 15 atom stereocenters. The molecule has 3 aromatic rings. The molecule has 13 nitrogen and oxygen atoms in total. The van der Waals surface area contributed by atoms with Crippen LogP contribution >= 0.6 is 0 Å². The van der Waals surface area contributed by atoms with Gasteiger partial charge in [0.05, 0.1) is 31.0 Å². The van der Waals surface area contributed by atoms with Gasteiger partial charge < -0.3 is 60.6 Å².